The summed E-state index contributed by atoms with van der Waals surface area (Å²) in [6, 6.07) is 10.1. The molecule has 0 radical (unpaired) electrons. The van der Waals surface area contributed by atoms with E-state index in [1.54, 1.807) is 0 Å². The van der Waals surface area contributed by atoms with Gasteiger partial charge in [-0.3, -0.25) is 4.79 Å². The molecule has 6 nitrogen and oxygen atoms in total. The first-order chi connectivity index (χ1) is 13.3. The van der Waals surface area contributed by atoms with Crippen LogP contribution in [0.2, 0.25) is 0 Å². The Morgan fingerprint density at radius 3 is 2.75 bits per heavy atom. The molecule has 0 bridgehead atoms. The molecule has 0 saturated heterocycles. The summed E-state index contributed by atoms with van der Waals surface area (Å²) >= 11 is 0. The number of hydrogen-bond acceptors (Lipinski definition) is 5. The van der Waals surface area contributed by atoms with Gasteiger partial charge in [0.2, 0.25) is 0 Å². The highest BCUT2D eigenvalue weighted by molar-refractivity contribution is 7.43. The molecule has 0 aliphatic heterocycles. The summed E-state index contributed by atoms with van der Waals surface area (Å²) in [5, 5.41) is 9.64. The summed E-state index contributed by atoms with van der Waals surface area (Å²) in [5.74, 6) is 0. The zero-order valence-electron chi connectivity index (χ0n) is 17.1. The van der Waals surface area contributed by atoms with Gasteiger partial charge in [0, 0.05) is 40.8 Å². The van der Waals surface area contributed by atoms with Crippen LogP contribution in [0.1, 0.15) is 57.3 Å². The smallest absolute Gasteiger partial charge is 0.256 e. The van der Waals surface area contributed by atoms with Crippen molar-refractivity contribution in [3.05, 3.63) is 36.0 Å². The quantitative estimate of drug-likeness (QED) is 0.329. The lowest BCUT2D eigenvalue weighted by atomic mass is 9.97. The highest BCUT2D eigenvalue weighted by atomic mass is 31.2. The maximum Gasteiger partial charge on any atom is 0.256 e. The minimum atomic E-state index is -1.75. The highest BCUT2D eigenvalue weighted by Crippen LogP contribution is 2.45. The van der Waals surface area contributed by atoms with Crippen molar-refractivity contribution < 1.29 is 14.2 Å². The van der Waals surface area contributed by atoms with Gasteiger partial charge in [0.15, 0.2) is 6.29 Å². The van der Waals surface area contributed by atoms with Crippen molar-refractivity contribution in [2.75, 3.05) is 6.61 Å². The molecule has 1 N–H and O–H groups in total. The number of hydrogen-bond donors (Lipinski definition) is 1. The predicted octanol–water partition coefficient (Wildman–Crippen LogP) is 4.87. The number of nitriles is 1. The van der Waals surface area contributed by atoms with E-state index in [-0.39, 0.29) is 24.6 Å². The van der Waals surface area contributed by atoms with Crippen LogP contribution >= 0.6 is 8.53 Å². The second kappa shape index (κ2) is 10.1. The molecule has 28 heavy (non-hydrogen) atoms. The first-order valence-corrected chi connectivity index (χ1v) is 10.8. The summed E-state index contributed by atoms with van der Waals surface area (Å²) in [5.41, 5.74) is 1.51. The minimum Gasteiger partial charge on any atom is -0.347 e. The molecule has 1 unspecified atom stereocenters. The third-order valence-corrected chi connectivity index (χ3v) is 6.63. The Bertz CT molecular complexity index is 826. The highest BCUT2D eigenvalue weighted by Gasteiger charge is 2.35. The van der Waals surface area contributed by atoms with Crippen molar-refractivity contribution >= 4 is 25.7 Å². The first kappa shape index (κ1) is 22.5. The molecule has 0 aliphatic carbocycles. The Kier molecular flexibility index (Phi) is 8.15. The van der Waals surface area contributed by atoms with E-state index in [4.69, 9.17) is 9.79 Å². The van der Waals surface area contributed by atoms with E-state index in [1.165, 1.54) is 0 Å². The lowest BCUT2D eigenvalue weighted by Gasteiger charge is -2.42. The molecule has 0 spiro atoms. The van der Waals surface area contributed by atoms with Crippen LogP contribution in [0.15, 0.2) is 30.5 Å². The third-order valence-electron chi connectivity index (χ3n) is 4.85. The Morgan fingerprint density at radius 2 is 2.11 bits per heavy atom. The van der Waals surface area contributed by atoms with Crippen LogP contribution in [0.25, 0.3) is 10.9 Å². The van der Waals surface area contributed by atoms with E-state index >= 15 is 0 Å². The number of aryl methyl sites for hydroxylation is 1. The Morgan fingerprint density at radius 1 is 1.39 bits per heavy atom. The van der Waals surface area contributed by atoms with Gasteiger partial charge in [-0.2, -0.15) is 5.26 Å². The number of fused-ring (bicyclic) bond motifs is 1. The van der Waals surface area contributed by atoms with Crippen LogP contribution in [0.3, 0.4) is 0 Å². The zero-order chi connectivity index (χ0) is 20.7. The van der Waals surface area contributed by atoms with Gasteiger partial charge in [-0.1, -0.05) is 18.2 Å². The van der Waals surface area contributed by atoms with Crippen molar-refractivity contribution in [2.45, 2.75) is 65.1 Å². The van der Waals surface area contributed by atoms with Crippen molar-refractivity contribution in [1.82, 2.24) is 9.24 Å². The second-order valence-corrected chi connectivity index (χ2v) is 8.96. The molecule has 2 aromatic rings. The zero-order valence-corrected chi connectivity index (χ0v) is 18.0. The van der Waals surface area contributed by atoms with Gasteiger partial charge in [0.05, 0.1) is 19.1 Å². The molecule has 0 saturated carbocycles. The first-order valence-electron chi connectivity index (χ1n) is 9.63. The van der Waals surface area contributed by atoms with Crippen molar-refractivity contribution in [2.24, 2.45) is 0 Å². The summed E-state index contributed by atoms with van der Waals surface area (Å²) in [4.78, 5) is 21.9. The number of aromatic nitrogens is 1. The molecule has 1 aromatic carbocycles. The molecular formula is C21H30N3O3P. The van der Waals surface area contributed by atoms with Gasteiger partial charge >= 0.3 is 0 Å². The van der Waals surface area contributed by atoms with Gasteiger partial charge in [-0.25, -0.2) is 4.67 Å². The minimum absolute atomic E-state index is 0.113. The fourth-order valence-electron chi connectivity index (χ4n) is 3.71. The molecule has 1 heterocycles. The Labute approximate surface area is 168 Å². The lowest BCUT2D eigenvalue weighted by molar-refractivity contribution is 0.112. The Hall–Kier alpha value is -1.77. The topological polar surface area (TPSA) is 78.5 Å². The molecule has 0 amide bonds. The van der Waals surface area contributed by atoms with E-state index < -0.39 is 8.53 Å². The predicted molar refractivity (Wildman–Crippen MR) is 113 cm³/mol. The number of carbonyl (C=O) groups excluding carboxylic acids is 1. The monoisotopic (exact) mass is 403 g/mol. The molecule has 1 atom stereocenters. The third kappa shape index (κ3) is 5.40. The van der Waals surface area contributed by atoms with Gasteiger partial charge in [0.25, 0.3) is 8.53 Å². The standard InChI is InChI=1S/C21H30N3O3P/c1-17(2)24(28(26)27-14-8-12-22)21(3,4)11-7-13-23-15-18(16-25)19-9-5-6-10-20(19)23/h5-6,9-10,15-17,26H,7-8,11,13-14H2,1-4H3. The van der Waals surface area contributed by atoms with Crippen LogP contribution in [-0.2, 0) is 11.1 Å². The number of para-hydroxylation sites is 1. The number of rotatable bonds is 11. The number of nitrogens with zero attached hydrogens (tertiary/aromatic N) is 3. The summed E-state index contributed by atoms with van der Waals surface area (Å²) in [7, 11) is -1.75. The Balaban J connectivity index is 2.05. The fraction of sp³-hybridized carbons (Fsp3) is 0.524. The SMILES string of the molecule is CC(C)N(P(O)OCCC#N)C(C)(C)CCCn1cc(C=O)c2ccccc21. The fourth-order valence-corrected chi connectivity index (χ4v) is 5.05. The van der Waals surface area contributed by atoms with Gasteiger partial charge in [-0.05, 0) is 46.6 Å². The van der Waals surface area contributed by atoms with Crippen LogP contribution in [0.5, 0.6) is 0 Å². The van der Waals surface area contributed by atoms with Crippen LogP contribution in [-0.4, -0.2) is 38.6 Å². The van der Waals surface area contributed by atoms with Crippen molar-refractivity contribution in [3.8, 4) is 6.07 Å². The molecular weight excluding hydrogens is 373 g/mol. The molecule has 0 aliphatic rings. The maximum atomic E-state index is 11.3. The lowest BCUT2D eigenvalue weighted by Crippen LogP contribution is -2.44. The average molecular weight is 403 g/mol. The molecule has 1 aromatic heterocycles. The van der Waals surface area contributed by atoms with Gasteiger partial charge in [-0.15, -0.1) is 0 Å². The summed E-state index contributed by atoms with van der Waals surface area (Å²) in [6.07, 6.45) is 4.84. The average Bonchev–Trinajstić information content (AvgIpc) is 2.99. The second-order valence-electron chi connectivity index (χ2n) is 7.76. The van der Waals surface area contributed by atoms with E-state index in [0.29, 0.717) is 5.56 Å². The molecule has 7 heteroatoms. The molecule has 2 rings (SSSR count). The number of benzene rings is 1. The van der Waals surface area contributed by atoms with Crippen molar-refractivity contribution in [3.63, 3.8) is 0 Å². The van der Waals surface area contributed by atoms with Gasteiger partial charge in [0.1, 0.15) is 0 Å². The van der Waals surface area contributed by atoms with E-state index in [1.807, 2.05) is 55.0 Å². The summed E-state index contributed by atoms with van der Waals surface area (Å²) in [6.45, 7) is 9.32. The van der Waals surface area contributed by atoms with Crippen LogP contribution < -0.4 is 0 Å². The maximum absolute atomic E-state index is 11.3. The van der Waals surface area contributed by atoms with Gasteiger partial charge < -0.3 is 14.0 Å². The van der Waals surface area contributed by atoms with E-state index in [0.717, 1.165) is 36.6 Å². The molecule has 152 valence electrons. The number of carbonyl (C=O) groups is 1. The van der Waals surface area contributed by atoms with E-state index in [9.17, 15) is 9.69 Å². The summed E-state index contributed by atoms with van der Waals surface area (Å²) < 4.78 is 9.64. The van der Waals surface area contributed by atoms with Crippen LogP contribution in [0.4, 0.5) is 0 Å². The number of aldehydes is 1. The van der Waals surface area contributed by atoms with Crippen molar-refractivity contribution in [1.29, 1.82) is 5.26 Å². The largest absolute Gasteiger partial charge is 0.347 e. The molecule has 0 fully saturated rings. The normalized spacial score (nSPS) is 13.2. The van der Waals surface area contributed by atoms with Crippen LogP contribution in [0, 0.1) is 11.3 Å². The van der Waals surface area contributed by atoms with E-state index in [2.05, 4.69) is 18.4 Å².